The zero-order chi connectivity index (χ0) is 28.5. The molecule has 41 heavy (non-hydrogen) atoms. The van der Waals surface area contributed by atoms with Crippen LogP contribution in [-0.4, -0.2) is 56.2 Å². The van der Waals surface area contributed by atoms with E-state index in [1.54, 1.807) is 21.6 Å². The summed E-state index contributed by atoms with van der Waals surface area (Å²) in [6, 6.07) is 12.7. The van der Waals surface area contributed by atoms with E-state index in [-0.39, 0.29) is 12.0 Å². The number of aryl methyl sites for hydroxylation is 1. The van der Waals surface area contributed by atoms with Crippen molar-refractivity contribution in [3.63, 3.8) is 0 Å². The molecule has 0 spiro atoms. The molecule has 1 saturated heterocycles. The van der Waals surface area contributed by atoms with Gasteiger partial charge in [-0.15, -0.1) is 0 Å². The molecule has 4 heterocycles. The van der Waals surface area contributed by atoms with Gasteiger partial charge in [0, 0.05) is 61.0 Å². The van der Waals surface area contributed by atoms with Gasteiger partial charge in [-0.3, -0.25) is 14.9 Å². The molecule has 0 unspecified atom stereocenters. The average molecular weight is 578 g/mol. The number of hydrazine groups is 1. The van der Waals surface area contributed by atoms with Crippen molar-refractivity contribution in [2.24, 2.45) is 7.05 Å². The summed E-state index contributed by atoms with van der Waals surface area (Å²) in [4.78, 5) is 18.7. The van der Waals surface area contributed by atoms with Crippen molar-refractivity contribution in [1.29, 1.82) is 0 Å². The SMILES string of the molecule is Cc1c(-c2cnn(C)c2)nn(-c2ccccc2)c1NC(=O)N[C@@H]1CN(CC2=CSNN2)C[C@H]1c1ccc(F)c(F)c1. The van der Waals surface area contributed by atoms with E-state index < -0.39 is 17.7 Å². The van der Waals surface area contributed by atoms with Crippen molar-refractivity contribution in [3.05, 3.63) is 94.8 Å². The fraction of sp³-hybridized carbons (Fsp3) is 0.250. The molecule has 2 amide bonds. The molecule has 0 radical (unpaired) electrons. The molecule has 13 heteroatoms. The standard InChI is InChI=1S/C28H29F2N9OS/c1-17-26(19-11-31-37(2)12-19)35-39(21-6-4-3-5-7-21)27(17)33-28(40)32-25-15-38(13-20-16-41-36-34-20)14-22(25)18-8-9-23(29)24(30)10-18/h3-12,16,22,25,34,36H,13-15H2,1-2H3,(H2,32,33,40)/t22-,25+/m0/s1. The first-order valence-electron chi connectivity index (χ1n) is 13.1. The van der Waals surface area contributed by atoms with Crippen molar-refractivity contribution in [1.82, 2.24) is 40.0 Å². The number of halogens is 2. The smallest absolute Gasteiger partial charge is 0.320 e. The lowest BCUT2D eigenvalue weighted by Gasteiger charge is -2.21. The summed E-state index contributed by atoms with van der Waals surface area (Å²) in [5, 5.41) is 17.2. The Kier molecular flexibility index (Phi) is 7.47. The Hall–Kier alpha value is -4.20. The van der Waals surface area contributed by atoms with Gasteiger partial charge in [0.15, 0.2) is 11.6 Å². The van der Waals surface area contributed by atoms with E-state index >= 15 is 0 Å². The molecule has 212 valence electrons. The number of likely N-dealkylation sites (tertiary alicyclic amines) is 1. The fourth-order valence-corrected chi connectivity index (χ4v) is 5.84. The van der Waals surface area contributed by atoms with Crippen molar-refractivity contribution in [2.75, 3.05) is 25.0 Å². The summed E-state index contributed by atoms with van der Waals surface area (Å²) in [7, 11) is 1.84. The topological polar surface area (TPSA) is 104 Å². The van der Waals surface area contributed by atoms with Crippen LogP contribution in [0.2, 0.25) is 0 Å². The third-order valence-electron chi connectivity index (χ3n) is 7.28. The van der Waals surface area contributed by atoms with Crippen LogP contribution in [0.3, 0.4) is 0 Å². The van der Waals surface area contributed by atoms with Crippen molar-refractivity contribution in [3.8, 4) is 16.9 Å². The number of carbonyl (C=O) groups is 1. The summed E-state index contributed by atoms with van der Waals surface area (Å²) >= 11 is 1.45. The van der Waals surface area contributed by atoms with Crippen LogP contribution in [0, 0.1) is 18.6 Å². The predicted octanol–water partition coefficient (Wildman–Crippen LogP) is 4.05. The first-order valence-corrected chi connectivity index (χ1v) is 14.0. The van der Waals surface area contributed by atoms with Crippen LogP contribution in [0.15, 0.2) is 72.0 Å². The summed E-state index contributed by atoms with van der Waals surface area (Å²) in [6.45, 7) is 3.61. The molecule has 2 aliphatic heterocycles. The van der Waals surface area contributed by atoms with Crippen LogP contribution in [0.4, 0.5) is 19.4 Å². The lowest BCUT2D eigenvalue weighted by atomic mass is 9.94. The van der Waals surface area contributed by atoms with Gasteiger partial charge in [-0.2, -0.15) is 15.0 Å². The van der Waals surface area contributed by atoms with E-state index in [0.29, 0.717) is 36.7 Å². The molecule has 2 aromatic carbocycles. The maximum Gasteiger partial charge on any atom is 0.320 e. The van der Waals surface area contributed by atoms with Crippen molar-refractivity contribution < 1.29 is 13.6 Å². The molecular weight excluding hydrogens is 548 g/mol. The van der Waals surface area contributed by atoms with Gasteiger partial charge in [-0.1, -0.05) is 24.3 Å². The van der Waals surface area contributed by atoms with E-state index in [9.17, 15) is 13.6 Å². The first kappa shape index (κ1) is 27.0. The van der Waals surface area contributed by atoms with Crippen LogP contribution in [0.25, 0.3) is 16.9 Å². The number of hydrogen-bond donors (Lipinski definition) is 4. The molecular formula is C28H29F2N9OS. The Labute approximate surface area is 239 Å². The summed E-state index contributed by atoms with van der Waals surface area (Å²) < 4.78 is 31.3. The van der Waals surface area contributed by atoms with Gasteiger partial charge in [0.05, 0.1) is 17.9 Å². The Morgan fingerprint density at radius 3 is 2.68 bits per heavy atom. The molecule has 2 atom stereocenters. The fourth-order valence-electron chi connectivity index (χ4n) is 5.31. The van der Waals surface area contributed by atoms with Crippen molar-refractivity contribution in [2.45, 2.75) is 18.9 Å². The molecule has 4 aromatic rings. The van der Waals surface area contributed by atoms with Gasteiger partial charge in [-0.05, 0) is 48.7 Å². The largest absolute Gasteiger partial charge is 0.333 e. The Morgan fingerprint density at radius 2 is 1.98 bits per heavy atom. The lowest BCUT2D eigenvalue weighted by Crippen LogP contribution is -2.42. The van der Waals surface area contributed by atoms with Gasteiger partial charge >= 0.3 is 6.03 Å². The highest BCUT2D eigenvalue weighted by atomic mass is 32.2. The highest BCUT2D eigenvalue weighted by Crippen LogP contribution is 2.32. The number of amides is 2. The van der Waals surface area contributed by atoms with E-state index in [1.807, 2.05) is 55.9 Å². The summed E-state index contributed by atoms with van der Waals surface area (Å²) in [5.41, 5.74) is 7.82. The van der Waals surface area contributed by atoms with Crippen LogP contribution in [0.5, 0.6) is 0 Å². The summed E-state index contributed by atoms with van der Waals surface area (Å²) in [5.74, 6) is -1.53. The average Bonchev–Trinajstić information content (AvgIpc) is 3.76. The van der Waals surface area contributed by atoms with E-state index in [4.69, 9.17) is 5.10 Å². The monoisotopic (exact) mass is 577 g/mol. The van der Waals surface area contributed by atoms with Crippen LogP contribution in [-0.2, 0) is 7.05 Å². The van der Waals surface area contributed by atoms with E-state index in [1.165, 1.54) is 18.0 Å². The first-order chi connectivity index (χ1) is 19.9. The highest BCUT2D eigenvalue weighted by Gasteiger charge is 2.36. The molecule has 1 fully saturated rings. The second-order valence-corrected chi connectivity index (χ2v) is 10.8. The van der Waals surface area contributed by atoms with Crippen LogP contribution in [0.1, 0.15) is 17.0 Å². The quantitative estimate of drug-likeness (QED) is 0.246. The second kappa shape index (κ2) is 11.4. The molecule has 4 N–H and O–H groups in total. The number of para-hydroxylation sites is 1. The number of nitrogens with one attached hydrogen (secondary N) is 4. The normalized spacial score (nSPS) is 18.8. The van der Waals surface area contributed by atoms with E-state index in [0.717, 1.165) is 28.6 Å². The molecule has 0 aliphatic carbocycles. The Morgan fingerprint density at radius 1 is 1.15 bits per heavy atom. The molecule has 0 saturated carbocycles. The lowest BCUT2D eigenvalue weighted by molar-refractivity contribution is 0.247. The molecule has 2 aromatic heterocycles. The number of urea groups is 1. The third-order valence-corrected chi connectivity index (χ3v) is 7.90. The minimum atomic E-state index is -0.907. The third kappa shape index (κ3) is 5.69. The number of benzene rings is 2. The maximum atomic E-state index is 14.2. The summed E-state index contributed by atoms with van der Waals surface area (Å²) in [6.07, 6.45) is 3.60. The van der Waals surface area contributed by atoms with Crippen molar-refractivity contribution >= 4 is 23.8 Å². The number of hydrogen-bond acceptors (Lipinski definition) is 7. The molecule has 10 nitrogen and oxygen atoms in total. The van der Waals surface area contributed by atoms with Gasteiger partial charge in [0.2, 0.25) is 0 Å². The second-order valence-electron chi connectivity index (χ2n) is 10.1. The van der Waals surface area contributed by atoms with Gasteiger partial charge in [0.1, 0.15) is 11.5 Å². The molecule has 0 bridgehead atoms. The zero-order valence-electron chi connectivity index (χ0n) is 22.4. The highest BCUT2D eigenvalue weighted by molar-refractivity contribution is 8.00. The van der Waals surface area contributed by atoms with Gasteiger partial charge in [0.25, 0.3) is 0 Å². The predicted molar refractivity (Wildman–Crippen MR) is 154 cm³/mol. The Bertz CT molecular complexity index is 1600. The van der Waals surface area contributed by atoms with Crippen LogP contribution < -0.4 is 20.9 Å². The molecule has 2 aliphatic rings. The molecule has 6 rings (SSSR count). The zero-order valence-corrected chi connectivity index (χ0v) is 23.3. The number of anilines is 1. The number of carbonyl (C=O) groups excluding carboxylic acids is 1. The minimum Gasteiger partial charge on any atom is -0.333 e. The number of rotatable bonds is 7. The maximum absolute atomic E-state index is 14.2. The Balaban J connectivity index is 1.27. The van der Waals surface area contributed by atoms with Gasteiger partial charge in [-0.25, -0.2) is 18.3 Å². The van der Waals surface area contributed by atoms with E-state index in [2.05, 4.69) is 30.9 Å². The van der Waals surface area contributed by atoms with Gasteiger partial charge < -0.3 is 10.7 Å². The number of aromatic nitrogens is 4. The number of nitrogens with zero attached hydrogens (tertiary/aromatic N) is 5. The minimum absolute atomic E-state index is 0.246. The van der Waals surface area contributed by atoms with Crippen LogP contribution >= 0.6 is 11.9 Å².